The van der Waals surface area contributed by atoms with Crippen molar-refractivity contribution in [3.05, 3.63) is 35.1 Å². The third-order valence-corrected chi connectivity index (χ3v) is 3.34. The van der Waals surface area contributed by atoms with Gasteiger partial charge in [-0.05, 0) is 36.5 Å². The van der Waals surface area contributed by atoms with Crippen LogP contribution in [0.4, 0.5) is 17.6 Å². The summed E-state index contributed by atoms with van der Waals surface area (Å²) < 4.78 is 50.6. The first-order valence-corrected chi connectivity index (χ1v) is 5.52. The SMILES string of the molecule is NC(c1ccc(F)c(C(F)(F)F)c1)C1CCC1. The molecule has 0 amide bonds. The van der Waals surface area contributed by atoms with E-state index in [1.807, 2.05) is 0 Å². The molecule has 1 aliphatic rings. The highest BCUT2D eigenvalue weighted by Crippen LogP contribution is 2.38. The minimum absolute atomic E-state index is 0.224. The summed E-state index contributed by atoms with van der Waals surface area (Å²) in [4.78, 5) is 0. The highest BCUT2D eigenvalue weighted by atomic mass is 19.4. The van der Waals surface area contributed by atoms with Crippen LogP contribution in [0, 0.1) is 11.7 Å². The second-order valence-electron chi connectivity index (χ2n) is 4.45. The molecule has 94 valence electrons. The maximum Gasteiger partial charge on any atom is 0.419 e. The predicted octanol–water partition coefficient (Wildman–Crippen LogP) is 3.64. The topological polar surface area (TPSA) is 26.0 Å². The first-order valence-electron chi connectivity index (χ1n) is 5.52. The second kappa shape index (κ2) is 4.29. The van der Waals surface area contributed by atoms with Gasteiger partial charge in [0.15, 0.2) is 0 Å². The van der Waals surface area contributed by atoms with E-state index < -0.39 is 23.6 Å². The summed E-state index contributed by atoms with van der Waals surface area (Å²) in [7, 11) is 0. The Hall–Kier alpha value is -1.10. The van der Waals surface area contributed by atoms with E-state index in [9.17, 15) is 17.6 Å². The monoisotopic (exact) mass is 247 g/mol. The summed E-state index contributed by atoms with van der Waals surface area (Å²) in [5.41, 5.74) is 5.01. The Balaban J connectivity index is 2.30. The maximum absolute atomic E-state index is 13.1. The van der Waals surface area contributed by atoms with E-state index in [4.69, 9.17) is 5.73 Å². The maximum atomic E-state index is 13.1. The van der Waals surface area contributed by atoms with E-state index in [0.717, 1.165) is 31.4 Å². The van der Waals surface area contributed by atoms with Crippen molar-refractivity contribution < 1.29 is 17.6 Å². The third kappa shape index (κ3) is 2.44. The standard InChI is InChI=1S/C12H13F4N/c13-10-5-4-8(6-9(10)12(14,15)16)11(17)7-2-1-3-7/h4-7,11H,1-3,17H2. The van der Waals surface area contributed by atoms with Crippen LogP contribution in [0.2, 0.25) is 0 Å². The average molecular weight is 247 g/mol. The molecule has 2 N–H and O–H groups in total. The van der Waals surface area contributed by atoms with Crippen LogP contribution < -0.4 is 5.73 Å². The molecule has 0 heterocycles. The minimum atomic E-state index is -4.67. The lowest BCUT2D eigenvalue weighted by Gasteiger charge is -2.31. The van der Waals surface area contributed by atoms with E-state index in [2.05, 4.69) is 0 Å². The van der Waals surface area contributed by atoms with Gasteiger partial charge in [0.05, 0.1) is 5.56 Å². The van der Waals surface area contributed by atoms with Gasteiger partial charge >= 0.3 is 6.18 Å². The van der Waals surface area contributed by atoms with Crippen LogP contribution in [-0.2, 0) is 6.18 Å². The molecule has 1 aromatic carbocycles. The third-order valence-electron chi connectivity index (χ3n) is 3.34. The van der Waals surface area contributed by atoms with Gasteiger partial charge in [0.1, 0.15) is 5.82 Å². The zero-order valence-electron chi connectivity index (χ0n) is 9.10. The summed E-state index contributed by atoms with van der Waals surface area (Å²) in [5, 5.41) is 0. The number of rotatable bonds is 2. The van der Waals surface area contributed by atoms with E-state index in [1.54, 1.807) is 0 Å². The number of hydrogen-bond acceptors (Lipinski definition) is 1. The smallest absolute Gasteiger partial charge is 0.324 e. The van der Waals surface area contributed by atoms with Gasteiger partial charge < -0.3 is 5.73 Å². The Bertz CT molecular complexity index is 409. The van der Waals surface area contributed by atoms with E-state index in [-0.39, 0.29) is 5.92 Å². The average Bonchev–Trinajstić information content (AvgIpc) is 2.13. The zero-order valence-corrected chi connectivity index (χ0v) is 9.10. The molecule has 0 aliphatic heterocycles. The van der Waals surface area contributed by atoms with Gasteiger partial charge in [0.25, 0.3) is 0 Å². The first kappa shape index (κ1) is 12.4. The van der Waals surface area contributed by atoms with Crippen LogP contribution in [0.25, 0.3) is 0 Å². The lowest BCUT2D eigenvalue weighted by Crippen LogP contribution is -2.27. The molecule has 0 spiro atoms. The summed E-state index contributed by atoms with van der Waals surface area (Å²) in [6.07, 6.45) is -1.75. The number of benzene rings is 1. The molecule has 0 saturated heterocycles. The van der Waals surface area contributed by atoms with Gasteiger partial charge in [0.2, 0.25) is 0 Å². The quantitative estimate of drug-likeness (QED) is 0.793. The molecule has 17 heavy (non-hydrogen) atoms. The van der Waals surface area contributed by atoms with Gasteiger partial charge in [-0.15, -0.1) is 0 Å². The van der Waals surface area contributed by atoms with Crippen molar-refractivity contribution in [1.82, 2.24) is 0 Å². The summed E-state index contributed by atoms with van der Waals surface area (Å²) in [6, 6.07) is 2.59. The number of hydrogen-bond donors (Lipinski definition) is 1. The fraction of sp³-hybridized carbons (Fsp3) is 0.500. The zero-order chi connectivity index (χ0) is 12.6. The molecule has 1 saturated carbocycles. The van der Waals surface area contributed by atoms with Gasteiger partial charge in [-0.1, -0.05) is 12.5 Å². The number of nitrogens with two attached hydrogens (primary N) is 1. The molecule has 1 nitrogen and oxygen atoms in total. The Morgan fingerprint density at radius 3 is 2.35 bits per heavy atom. The van der Waals surface area contributed by atoms with E-state index in [1.165, 1.54) is 6.07 Å². The minimum Gasteiger partial charge on any atom is -0.324 e. The van der Waals surface area contributed by atoms with Crippen LogP contribution >= 0.6 is 0 Å². The lowest BCUT2D eigenvalue weighted by atomic mass is 9.77. The van der Waals surface area contributed by atoms with Crippen molar-refractivity contribution in [2.24, 2.45) is 11.7 Å². The van der Waals surface area contributed by atoms with Gasteiger partial charge in [-0.3, -0.25) is 0 Å². The molecule has 0 bridgehead atoms. The van der Waals surface area contributed by atoms with Crippen LogP contribution in [-0.4, -0.2) is 0 Å². The normalized spacial score (nSPS) is 18.9. The molecule has 0 radical (unpaired) electrons. The van der Waals surface area contributed by atoms with Crippen molar-refractivity contribution in [3.63, 3.8) is 0 Å². The molecular formula is C12H13F4N. The van der Waals surface area contributed by atoms with Crippen LogP contribution in [0.1, 0.15) is 36.4 Å². The van der Waals surface area contributed by atoms with Crippen LogP contribution in [0.3, 0.4) is 0 Å². The van der Waals surface area contributed by atoms with Crippen molar-refractivity contribution in [2.45, 2.75) is 31.5 Å². The Morgan fingerprint density at radius 2 is 1.88 bits per heavy atom. The van der Waals surface area contributed by atoms with Gasteiger partial charge in [-0.2, -0.15) is 13.2 Å². The van der Waals surface area contributed by atoms with Crippen molar-refractivity contribution in [1.29, 1.82) is 0 Å². The molecule has 1 aliphatic carbocycles. The predicted molar refractivity (Wildman–Crippen MR) is 55.7 cm³/mol. The molecule has 0 aromatic heterocycles. The van der Waals surface area contributed by atoms with E-state index in [0.29, 0.717) is 5.56 Å². The molecule has 1 aromatic rings. The van der Waals surface area contributed by atoms with Gasteiger partial charge in [-0.25, -0.2) is 4.39 Å². The molecule has 1 fully saturated rings. The lowest BCUT2D eigenvalue weighted by molar-refractivity contribution is -0.140. The largest absolute Gasteiger partial charge is 0.419 e. The summed E-state index contributed by atoms with van der Waals surface area (Å²) in [6.45, 7) is 0. The first-order chi connectivity index (χ1) is 7.89. The molecular weight excluding hydrogens is 234 g/mol. The molecule has 2 rings (SSSR count). The molecule has 1 unspecified atom stereocenters. The Kier molecular flexibility index (Phi) is 3.12. The number of halogens is 4. The summed E-state index contributed by atoms with van der Waals surface area (Å²) >= 11 is 0. The Labute approximate surface area is 96.6 Å². The highest BCUT2D eigenvalue weighted by Gasteiger charge is 2.35. The van der Waals surface area contributed by atoms with Gasteiger partial charge in [0, 0.05) is 6.04 Å². The highest BCUT2D eigenvalue weighted by molar-refractivity contribution is 5.29. The van der Waals surface area contributed by atoms with Crippen molar-refractivity contribution in [3.8, 4) is 0 Å². The molecule has 5 heteroatoms. The number of alkyl halides is 3. The van der Waals surface area contributed by atoms with Crippen molar-refractivity contribution in [2.75, 3.05) is 0 Å². The molecule has 1 atom stereocenters. The van der Waals surface area contributed by atoms with E-state index >= 15 is 0 Å². The fourth-order valence-corrected chi connectivity index (χ4v) is 2.04. The Morgan fingerprint density at radius 1 is 1.24 bits per heavy atom. The van der Waals surface area contributed by atoms with Crippen molar-refractivity contribution >= 4 is 0 Å². The fourth-order valence-electron chi connectivity index (χ4n) is 2.04. The van der Waals surface area contributed by atoms with Crippen LogP contribution in [0.5, 0.6) is 0 Å². The summed E-state index contributed by atoms with van der Waals surface area (Å²) in [5.74, 6) is -1.02. The second-order valence-corrected chi connectivity index (χ2v) is 4.45. The van der Waals surface area contributed by atoms with Crippen LogP contribution in [0.15, 0.2) is 18.2 Å².